The number of benzene rings is 1. The van der Waals surface area contributed by atoms with Crippen LogP contribution in [0.5, 0.6) is 11.8 Å². The Kier molecular flexibility index (Phi) is 7.33. The van der Waals surface area contributed by atoms with Gasteiger partial charge in [0.15, 0.2) is 11.5 Å². The van der Waals surface area contributed by atoms with Crippen molar-refractivity contribution in [3.05, 3.63) is 65.5 Å². The van der Waals surface area contributed by atoms with Gasteiger partial charge in [-0.05, 0) is 38.2 Å². The van der Waals surface area contributed by atoms with E-state index in [0.717, 1.165) is 35.9 Å². The summed E-state index contributed by atoms with van der Waals surface area (Å²) in [5.41, 5.74) is 2.83. The smallest absolute Gasteiger partial charge is 0.434 e. The summed E-state index contributed by atoms with van der Waals surface area (Å²) in [6, 6.07) is 7.08. The number of aromatic nitrogens is 6. The maximum absolute atomic E-state index is 13.5. The maximum Gasteiger partial charge on any atom is 0.434 e. The third kappa shape index (κ3) is 5.74. The second kappa shape index (κ2) is 11.1. The Balaban J connectivity index is 1.23. The van der Waals surface area contributed by atoms with Crippen molar-refractivity contribution in [3.8, 4) is 34.5 Å². The number of halogens is 3. The van der Waals surface area contributed by atoms with Gasteiger partial charge in [-0.1, -0.05) is 24.3 Å². The van der Waals surface area contributed by atoms with Crippen molar-refractivity contribution in [2.24, 2.45) is 0 Å². The Labute approximate surface area is 234 Å². The van der Waals surface area contributed by atoms with Crippen molar-refractivity contribution < 1.29 is 27.4 Å². The molecule has 0 spiro atoms. The van der Waals surface area contributed by atoms with Crippen LogP contribution < -0.4 is 9.47 Å². The number of hydrogen-bond donors (Lipinski definition) is 0. The summed E-state index contributed by atoms with van der Waals surface area (Å²) in [6.45, 7) is 3.08. The molecule has 4 heterocycles. The van der Waals surface area contributed by atoms with Crippen molar-refractivity contribution in [2.75, 3.05) is 20.3 Å². The molecule has 0 amide bonds. The molecule has 0 unspecified atom stereocenters. The Bertz CT molecular complexity index is 1530. The Morgan fingerprint density at radius 1 is 0.976 bits per heavy atom. The molecule has 2 aliphatic rings. The lowest BCUT2D eigenvalue weighted by atomic mass is 10.1. The molecule has 0 atom stereocenters. The topological polar surface area (TPSA) is 97.1 Å². The van der Waals surface area contributed by atoms with Gasteiger partial charge in [0.05, 0.1) is 12.8 Å². The zero-order valence-electron chi connectivity index (χ0n) is 22.7. The molecule has 6 rings (SSSR count). The summed E-state index contributed by atoms with van der Waals surface area (Å²) in [7, 11) is 1.55. The van der Waals surface area contributed by atoms with E-state index in [4.69, 9.17) is 14.2 Å². The Hall–Kier alpha value is -4.06. The van der Waals surface area contributed by atoms with Gasteiger partial charge in [-0.2, -0.15) is 18.2 Å². The molecule has 1 aromatic carbocycles. The molecule has 1 aliphatic carbocycles. The normalized spacial score (nSPS) is 16.1. The van der Waals surface area contributed by atoms with E-state index in [1.165, 1.54) is 6.33 Å². The van der Waals surface area contributed by atoms with Crippen LogP contribution in [-0.2, 0) is 17.5 Å². The Morgan fingerprint density at radius 3 is 2.41 bits per heavy atom. The molecule has 4 aromatic rings. The summed E-state index contributed by atoms with van der Waals surface area (Å²) >= 11 is 0. The number of alkyl halides is 3. The maximum atomic E-state index is 13.5. The number of imidazole rings is 1. The fraction of sp³-hybridized carbons (Fsp3) is 0.414. The molecule has 9 nitrogen and oxygen atoms in total. The summed E-state index contributed by atoms with van der Waals surface area (Å²) in [5.74, 6) is 1.89. The van der Waals surface area contributed by atoms with Crippen LogP contribution in [0.25, 0.3) is 22.8 Å². The van der Waals surface area contributed by atoms with Gasteiger partial charge in [0, 0.05) is 48.7 Å². The SMILES string of the molecule is COc1ncnc(C2CC2)c1-c1ncc(C)c(OCc2ccc(-c3nc(C(F)(F)F)cn3C3CCOCC3)cc2)n1. The van der Waals surface area contributed by atoms with Gasteiger partial charge >= 0.3 is 6.18 Å². The van der Waals surface area contributed by atoms with Crippen LogP contribution in [0.15, 0.2) is 43.0 Å². The molecular formula is C29H29F3N6O3. The lowest BCUT2D eigenvalue weighted by Crippen LogP contribution is -2.19. The number of methoxy groups -OCH3 is 1. The number of hydrogen-bond acceptors (Lipinski definition) is 8. The average Bonchev–Trinajstić information content (AvgIpc) is 3.73. The van der Waals surface area contributed by atoms with Gasteiger partial charge < -0.3 is 18.8 Å². The van der Waals surface area contributed by atoms with E-state index < -0.39 is 11.9 Å². The van der Waals surface area contributed by atoms with E-state index in [-0.39, 0.29) is 12.6 Å². The number of ether oxygens (including phenoxy) is 3. The average molecular weight is 567 g/mol. The van der Waals surface area contributed by atoms with Gasteiger partial charge in [-0.15, -0.1) is 0 Å². The molecule has 2 fully saturated rings. The van der Waals surface area contributed by atoms with E-state index in [9.17, 15) is 13.2 Å². The van der Waals surface area contributed by atoms with E-state index in [2.05, 4.69) is 24.9 Å². The first-order valence-corrected chi connectivity index (χ1v) is 13.5. The molecule has 12 heteroatoms. The minimum absolute atomic E-state index is 0.102. The fourth-order valence-electron chi connectivity index (χ4n) is 4.99. The van der Waals surface area contributed by atoms with Crippen LogP contribution >= 0.6 is 0 Å². The highest BCUT2D eigenvalue weighted by Crippen LogP contribution is 2.45. The van der Waals surface area contributed by atoms with Crippen LogP contribution in [0.4, 0.5) is 13.2 Å². The van der Waals surface area contributed by atoms with Crippen LogP contribution in [0.3, 0.4) is 0 Å². The summed E-state index contributed by atoms with van der Waals surface area (Å²) in [4.78, 5) is 21.9. The molecular weight excluding hydrogens is 537 g/mol. The highest BCUT2D eigenvalue weighted by molar-refractivity contribution is 5.66. The largest absolute Gasteiger partial charge is 0.480 e. The summed E-state index contributed by atoms with van der Waals surface area (Å²) < 4.78 is 59.2. The molecule has 41 heavy (non-hydrogen) atoms. The van der Waals surface area contributed by atoms with Crippen molar-refractivity contribution in [3.63, 3.8) is 0 Å². The summed E-state index contributed by atoms with van der Waals surface area (Å²) in [6.07, 6.45) is 3.13. The fourth-order valence-corrected chi connectivity index (χ4v) is 4.99. The van der Waals surface area contributed by atoms with Gasteiger partial charge in [0.1, 0.15) is 24.3 Å². The third-order valence-corrected chi connectivity index (χ3v) is 7.34. The lowest BCUT2D eigenvalue weighted by Gasteiger charge is -2.25. The Morgan fingerprint density at radius 2 is 1.73 bits per heavy atom. The highest BCUT2D eigenvalue weighted by atomic mass is 19.4. The van der Waals surface area contributed by atoms with Gasteiger partial charge in [0.2, 0.25) is 11.8 Å². The number of aryl methyl sites for hydroxylation is 1. The molecule has 0 radical (unpaired) electrons. The van der Waals surface area contributed by atoms with Gasteiger partial charge in [0.25, 0.3) is 0 Å². The quantitative estimate of drug-likeness (QED) is 0.259. The second-order valence-corrected chi connectivity index (χ2v) is 10.3. The van der Waals surface area contributed by atoms with Crippen LogP contribution in [-0.4, -0.2) is 49.8 Å². The van der Waals surface area contributed by atoms with Crippen LogP contribution in [0, 0.1) is 6.92 Å². The molecule has 3 aromatic heterocycles. The van der Waals surface area contributed by atoms with E-state index in [1.807, 2.05) is 19.1 Å². The highest BCUT2D eigenvalue weighted by Gasteiger charge is 2.36. The first-order chi connectivity index (χ1) is 19.8. The number of rotatable bonds is 8. The van der Waals surface area contributed by atoms with Gasteiger partial charge in [-0.3, -0.25) is 0 Å². The predicted octanol–water partition coefficient (Wildman–Crippen LogP) is 5.94. The standard InChI is InChI=1S/C29H29F3N6O3/c1-17-13-33-25(23-24(19-7-8-19)34-16-35-28(23)39-2)37-27(17)41-15-18-3-5-20(6-4-18)26-36-22(29(30,31)32)14-38(26)21-9-11-40-12-10-21/h3-6,13-14,16,19,21H,7-12,15H2,1-2H3. The predicted molar refractivity (Wildman–Crippen MR) is 142 cm³/mol. The minimum atomic E-state index is -4.53. The first-order valence-electron chi connectivity index (χ1n) is 13.5. The van der Waals surface area contributed by atoms with Gasteiger partial charge in [-0.25, -0.2) is 19.9 Å². The van der Waals surface area contributed by atoms with Crippen LogP contribution in [0.2, 0.25) is 0 Å². The van der Waals surface area contributed by atoms with Crippen molar-refractivity contribution in [2.45, 2.75) is 57.3 Å². The third-order valence-electron chi connectivity index (χ3n) is 7.34. The molecule has 0 N–H and O–H groups in total. The molecule has 1 aliphatic heterocycles. The number of nitrogens with zero attached hydrogens (tertiary/aromatic N) is 6. The monoisotopic (exact) mass is 566 g/mol. The minimum Gasteiger partial charge on any atom is -0.480 e. The van der Waals surface area contributed by atoms with E-state index in [0.29, 0.717) is 66.5 Å². The molecule has 1 saturated heterocycles. The molecule has 1 saturated carbocycles. The van der Waals surface area contributed by atoms with Crippen LogP contribution in [0.1, 0.15) is 60.2 Å². The van der Waals surface area contributed by atoms with Crippen molar-refractivity contribution >= 4 is 0 Å². The second-order valence-electron chi connectivity index (χ2n) is 10.3. The van der Waals surface area contributed by atoms with Crippen molar-refractivity contribution in [1.82, 2.24) is 29.5 Å². The summed E-state index contributed by atoms with van der Waals surface area (Å²) in [5, 5.41) is 0. The molecule has 0 bridgehead atoms. The van der Waals surface area contributed by atoms with E-state index in [1.54, 1.807) is 30.0 Å². The first kappa shape index (κ1) is 27.1. The zero-order valence-corrected chi connectivity index (χ0v) is 22.7. The molecule has 214 valence electrons. The van der Waals surface area contributed by atoms with E-state index >= 15 is 0 Å². The zero-order chi connectivity index (χ0) is 28.6. The lowest BCUT2D eigenvalue weighted by molar-refractivity contribution is -0.140. The van der Waals surface area contributed by atoms with Crippen molar-refractivity contribution in [1.29, 1.82) is 0 Å².